The van der Waals surface area contributed by atoms with Gasteiger partial charge in [-0.25, -0.2) is 4.79 Å². The smallest absolute Gasteiger partial charge is 0.343 e. The van der Waals surface area contributed by atoms with Crippen LogP contribution in [0.2, 0.25) is 0 Å². The third kappa shape index (κ3) is 4.06. The number of pyridine rings is 1. The monoisotopic (exact) mass is 413 g/mol. The van der Waals surface area contributed by atoms with E-state index in [1.54, 1.807) is 11.5 Å². The minimum atomic E-state index is -0.538. The molecule has 1 atom stereocenters. The largest absolute Gasteiger partial charge is 0.482 e. The van der Waals surface area contributed by atoms with Gasteiger partial charge in [0.05, 0.1) is 29.5 Å². The van der Waals surface area contributed by atoms with Crippen LogP contribution >= 0.6 is 11.3 Å². The second-order valence-corrected chi connectivity index (χ2v) is 7.80. The summed E-state index contributed by atoms with van der Waals surface area (Å²) < 4.78 is 19.3. The second kappa shape index (κ2) is 8.80. The van der Waals surface area contributed by atoms with Crippen LogP contribution in [0, 0.1) is 0 Å². The van der Waals surface area contributed by atoms with E-state index in [-0.39, 0.29) is 36.2 Å². The first-order valence-electron chi connectivity index (χ1n) is 9.78. The van der Waals surface area contributed by atoms with Gasteiger partial charge in [0, 0.05) is 6.61 Å². The summed E-state index contributed by atoms with van der Waals surface area (Å²) in [7, 11) is 0. The molecule has 0 spiro atoms. The number of ether oxygens (including phenoxy) is 3. The summed E-state index contributed by atoms with van der Waals surface area (Å²) in [4.78, 5) is 26.1. The lowest BCUT2D eigenvalue weighted by molar-refractivity contribution is 0.0523. The Hall–Kier alpha value is -2.64. The molecule has 0 radical (unpaired) electrons. The van der Waals surface area contributed by atoms with Crippen LogP contribution in [0.4, 0.5) is 0 Å². The predicted octanol–water partition coefficient (Wildman–Crippen LogP) is 4.00. The SMILES string of the molecule is CCOC(=O)c1c(OCc2ccccc2)c(=O)n(CC2CCCO2)c2ccsc12. The number of fused-ring (bicyclic) bond motifs is 1. The predicted molar refractivity (Wildman–Crippen MR) is 112 cm³/mol. The number of hydrogen-bond acceptors (Lipinski definition) is 6. The number of carbonyl (C=O) groups is 1. The average Bonchev–Trinajstić information content (AvgIpc) is 3.41. The lowest BCUT2D eigenvalue weighted by Gasteiger charge is -2.18. The molecule has 0 N–H and O–H groups in total. The number of aromatic nitrogens is 1. The molecule has 4 rings (SSSR count). The van der Waals surface area contributed by atoms with Crippen molar-refractivity contribution in [1.82, 2.24) is 4.57 Å². The van der Waals surface area contributed by atoms with Gasteiger partial charge in [0.25, 0.3) is 5.56 Å². The highest BCUT2D eigenvalue weighted by molar-refractivity contribution is 7.17. The molecule has 29 heavy (non-hydrogen) atoms. The molecule has 152 valence electrons. The molecule has 6 nitrogen and oxygen atoms in total. The van der Waals surface area contributed by atoms with Gasteiger partial charge in [-0.3, -0.25) is 4.79 Å². The molecule has 3 heterocycles. The molecule has 1 unspecified atom stereocenters. The Bertz CT molecular complexity index is 1050. The van der Waals surface area contributed by atoms with E-state index in [2.05, 4.69) is 0 Å². The molecule has 1 fully saturated rings. The maximum absolute atomic E-state index is 13.4. The van der Waals surface area contributed by atoms with Gasteiger partial charge in [-0.05, 0) is 36.8 Å². The van der Waals surface area contributed by atoms with Crippen molar-refractivity contribution in [2.45, 2.75) is 39.0 Å². The molecular formula is C22H23NO5S. The number of hydrogen-bond donors (Lipinski definition) is 0. The van der Waals surface area contributed by atoms with Gasteiger partial charge >= 0.3 is 5.97 Å². The van der Waals surface area contributed by atoms with Crippen molar-refractivity contribution < 1.29 is 19.0 Å². The summed E-state index contributed by atoms with van der Waals surface area (Å²) in [6, 6.07) is 11.4. The zero-order chi connectivity index (χ0) is 20.2. The van der Waals surface area contributed by atoms with Crippen molar-refractivity contribution in [3.63, 3.8) is 0 Å². The Balaban J connectivity index is 1.80. The molecule has 0 saturated carbocycles. The lowest BCUT2D eigenvalue weighted by Crippen LogP contribution is -2.29. The third-order valence-electron chi connectivity index (χ3n) is 4.94. The summed E-state index contributed by atoms with van der Waals surface area (Å²) in [6.07, 6.45) is 1.90. The van der Waals surface area contributed by atoms with E-state index in [1.807, 2.05) is 41.8 Å². The second-order valence-electron chi connectivity index (χ2n) is 6.88. The number of esters is 1. The Morgan fingerprint density at radius 1 is 1.28 bits per heavy atom. The van der Waals surface area contributed by atoms with E-state index in [4.69, 9.17) is 14.2 Å². The first-order valence-corrected chi connectivity index (χ1v) is 10.7. The van der Waals surface area contributed by atoms with Crippen LogP contribution < -0.4 is 10.3 Å². The highest BCUT2D eigenvalue weighted by Gasteiger charge is 2.27. The van der Waals surface area contributed by atoms with E-state index < -0.39 is 5.97 Å². The average molecular weight is 413 g/mol. The molecule has 3 aromatic rings. The molecule has 1 aliphatic rings. The van der Waals surface area contributed by atoms with Crippen LogP contribution in [0.15, 0.2) is 46.6 Å². The zero-order valence-corrected chi connectivity index (χ0v) is 17.1. The fraction of sp³-hybridized carbons (Fsp3) is 0.364. The molecule has 2 aromatic heterocycles. The number of nitrogens with zero attached hydrogens (tertiary/aromatic N) is 1. The quantitative estimate of drug-likeness (QED) is 0.548. The Labute approximate surface area is 172 Å². The maximum Gasteiger partial charge on any atom is 0.343 e. The van der Waals surface area contributed by atoms with Gasteiger partial charge in [-0.1, -0.05) is 30.3 Å². The first kappa shape index (κ1) is 19.7. The summed E-state index contributed by atoms with van der Waals surface area (Å²) in [6.45, 7) is 3.32. The molecule has 1 aliphatic heterocycles. The van der Waals surface area contributed by atoms with Gasteiger partial charge in [0.15, 0.2) is 0 Å². The van der Waals surface area contributed by atoms with Crippen LogP contribution in [-0.4, -0.2) is 29.9 Å². The fourth-order valence-corrected chi connectivity index (χ4v) is 4.50. The molecule has 1 saturated heterocycles. The van der Waals surface area contributed by atoms with Gasteiger partial charge in [-0.15, -0.1) is 11.3 Å². The number of benzene rings is 1. The van der Waals surface area contributed by atoms with E-state index in [9.17, 15) is 9.59 Å². The highest BCUT2D eigenvalue weighted by atomic mass is 32.1. The van der Waals surface area contributed by atoms with Crippen LogP contribution in [-0.2, 0) is 22.6 Å². The lowest BCUT2D eigenvalue weighted by atomic mass is 10.2. The molecule has 0 bridgehead atoms. The molecular weight excluding hydrogens is 390 g/mol. The Kier molecular flexibility index (Phi) is 5.97. The standard InChI is InChI=1S/C22H23NO5S/c1-2-26-22(25)18-19(28-14-15-7-4-3-5-8-15)21(24)23(13-16-9-6-11-27-16)17-10-12-29-20(17)18/h3-5,7-8,10,12,16H,2,6,9,11,13-14H2,1H3. The van der Waals surface area contributed by atoms with E-state index >= 15 is 0 Å². The third-order valence-corrected chi connectivity index (χ3v) is 5.87. The number of rotatable bonds is 7. The van der Waals surface area contributed by atoms with Crippen LogP contribution in [0.5, 0.6) is 5.75 Å². The Morgan fingerprint density at radius 2 is 2.10 bits per heavy atom. The minimum absolute atomic E-state index is 0.00813. The normalized spacial score (nSPS) is 16.2. The minimum Gasteiger partial charge on any atom is -0.482 e. The molecule has 7 heteroatoms. The van der Waals surface area contributed by atoms with Crippen molar-refractivity contribution in [2.24, 2.45) is 0 Å². The van der Waals surface area contributed by atoms with E-state index in [0.717, 1.165) is 18.4 Å². The van der Waals surface area contributed by atoms with Crippen molar-refractivity contribution in [3.8, 4) is 5.75 Å². The molecule has 0 amide bonds. The van der Waals surface area contributed by atoms with Gasteiger partial charge in [0.1, 0.15) is 12.2 Å². The van der Waals surface area contributed by atoms with Crippen LogP contribution in [0.1, 0.15) is 35.7 Å². The van der Waals surface area contributed by atoms with Crippen molar-refractivity contribution >= 4 is 27.5 Å². The van der Waals surface area contributed by atoms with Gasteiger partial charge in [-0.2, -0.15) is 0 Å². The van der Waals surface area contributed by atoms with Gasteiger partial charge < -0.3 is 18.8 Å². The molecule has 1 aromatic carbocycles. The number of thiophene rings is 1. The maximum atomic E-state index is 13.4. The van der Waals surface area contributed by atoms with Crippen molar-refractivity contribution in [1.29, 1.82) is 0 Å². The van der Waals surface area contributed by atoms with Crippen molar-refractivity contribution in [2.75, 3.05) is 13.2 Å². The highest BCUT2D eigenvalue weighted by Crippen LogP contribution is 2.31. The number of carbonyl (C=O) groups excluding carboxylic acids is 1. The van der Waals surface area contributed by atoms with Crippen LogP contribution in [0.3, 0.4) is 0 Å². The first-order chi connectivity index (χ1) is 14.2. The fourth-order valence-electron chi connectivity index (χ4n) is 3.57. The Morgan fingerprint density at radius 3 is 2.83 bits per heavy atom. The zero-order valence-electron chi connectivity index (χ0n) is 16.3. The van der Waals surface area contributed by atoms with Gasteiger partial charge in [0.2, 0.25) is 5.75 Å². The summed E-state index contributed by atoms with van der Waals surface area (Å²) >= 11 is 1.40. The summed E-state index contributed by atoms with van der Waals surface area (Å²) in [5, 5.41) is 1.87. The molecule has 0 aliphatic carbocycles. The van der Waals surface area contributed by atoms with E-state index in [1.165, 1.54) is 11.3 Å². The topological polar surface area (TPSA) is 66.8 Å². The summed E-state index contributed by atoms with van der Waals surface area (Å²) in [5.41, 5.74) is 1.51. The van der Waals surface area contributed by atoms with Crippen LogP contribution in [0.25, 0.3) is 10.2 Å². The van der Waals surface area contributed by atoms with E-state index in [0.29, 0.717) is 23.4 Å². The van der Waals surface area contributed by atoms with Crippen molar-refractivity contribution in [3.05, 3.63) is 63.3 Å². The summed E-state index contributed by atoms with van der Waals surface area (Å²) in [5.74, 6) is -0.496.